The zero-order valence-electron chi connectivity index (χ0n) is 12.9. The van der Waals surface area contributed by atoms with Crippen LogP contribution in [-0.4, -0.2) is 18.6 Å². The number of rotatable bonds is 5. The Kier molecular flexibility index (Phi) is 5.55. The molecule has 2 aromatic rings. The van der Waals surface area contributed by atoms with Crippen molar-refractivity contribution in [1.29, 1.82) is 0 Å². The van der Waals surface area contributed by atoms with Crippen LogP contribution in [-0.2, 0) is 17.6 Å². The third kappa shape index (κ3) is 5.92. The third-order valence-corrected chi connectivity index (χ3v) is 3.62. The highest BCUT2D eigenvalue weighted by atomic mass is 19.4. The highest BCUT2D eigenvalue weighted by Crippen LogP contribution is 2.27. The van der Waals surface area contributed by atoms with Gasteiger partial charge in [-0.1, -0.05) is 48.5 Å². The fourth-order valence-corrected chi connectivity index (χ4v) is 2.50. The van der Waals surface area contributed by atoms with Crippen molar-refractivity contribution in [2.45, 2.75) is 31.1 Å². The zero-order chi connectivity index (χ0) is 18.7. The van der Waals surface area contributed by atoms with Crippen molar-refractivity contribution in [3.8, 4) is 0 Å². The minimum atomic E-state index is -4.32. The quantitative estimate of drug-likeness (QED) is 0.527. The summed E-state index contributed by atoms with van der Waals surface area (Å²) in [5, 5.41) is 0. The molecule has 0 bridgehead atoms. The van der Waals surface area contributed by atoms with Crippen LogP contribution < -0.4 is 0 Å². The molecule has 0 aliphatic heterocycles. The lowest BCUT2D eigenvalue weighted by Gasteiger charge is -2.14. The highest BCUT2D eigenvalue weighted by Gasteiger charge is 2.28. The second-order valence-corrected chi connectivity index (χ2v) is 5.68. The zero-order valence-corrected chi connectivity index (χ0v) is 12.9. The summed E-state index contributed by atoms with van der Waals surface area (Å²) in [4.78, 5) is 11.4. The van der Waals surface area contributed by atoms with Crippen molar-refractivity contribution in [3.05, 3.63) is 70.8 Å². The van der Waals surface area contributed by atoms with Crippen LogP contribution in [0, 0.1) is 0 Å². The molecule has 134 valence electrons. The first-order chi connectivity index (χ1) is 11.6. The van der Waals surface area contributed by atoms with E-state index in [0.717, 1.165) is 0 Å². The summed E-state index contributed by atoms with van der Waals surface area (Å²) in [6.07, 6.45) is -10.2. The summed E-state index contributed by atoms with van der Waals surface area (Å²) in [7, 11) is 0. The summed E-state index contributed by atoms with van der Waals surface area (Å²) in [6.45, 7) is 0. The Morgan fingerprint density at radius 2 is 1.00 bits per heavy atom. The molecule has 0 fully saturated rings. The topological polar surface area (TPSA) is 17.1 Å². The Morgan fingerprint density at radius 1 is 0.680 bits per heavy atom. The van der Waals surface area contributed by atoms with Gasteiger partial charge in [0.2, 0.25) is 0 Å². The van der Waals surface area contributed by atoms with Gasteiger partial charge >= 0.3 is 12.4 Å². The minimum absolute atomic E-state index is 0.0708. The van der Waals surface area contributed by atoms with Gasteiger partial charge in [0, 0.05) is 0 Å². The molecule has 7 heteroatoms. The van der Waals surface area contributed by atoms with E-state index >= 15 is 0 Å². The first kappa shape index (κ1) is 19.0. The van der Waals surface area contributed by atoms with Gasteiger partial charge in [0.25, 0.3) is 0 Å². The Hall–Kier alpha value is -2.31. The molecule has 0 atom stereocenters. The molecule has 0 unspecified atom stereocenters. The Balaban J connectivity index is 2.17. The number of hydrogen-bond donors (Lipinski definition) is 0. The summed E-state index contributed by atoms with van der Waals surface area (Å²) in [5.74, 6) is -0.750. The summed E-state index contributed by atoms with van der Waals surface area (Å²) in [5.41, 5.74) is 1.09. The molecule has 0 saturated carbocycles. The van der Waals surface area contributed by atoms with Crippen LogP contribution in [0.25, 0.3) is 0 Å². The predicted octanol–water partition coefficient (Wildman–Crippen LogP) is 5.23. The largest absolute Gasteiger partial charge is 0.393 e. The molecule has 0 amide bonds. The van der Waals surface area contributed by atoms with Crippen molar-refractivity contribution in [2.24, 2.45) is 0 Å². The molecule has 0 radical (unpaired) electrons. The second-order valence-electron chi connectivity index (χ2n) is 5.68. The van der Waals surface area contributed by atoms with Gasteiger partial charge in [0.05, 0.1) is 18.8 Å². The van der Waals surface area contributed by atoms with E-state index in [4.69, 9.17) is 0 Å². The van der Waals surface area contributed by atoms with E-state index in [2.05, 4.69) is 0 Å². The van der Waals surface area contributed by atoms with E-state index in [9.17, 15) is 31.1 Å². The van der Waals surface area contributed by atoms with E-state index in [1.54, 1.807) is 0 Å². The Bertz CT molecular complexity index is 639. The number of hydrogen-bond acceptors (Lipinski definition) is 1. The highest BCUT2D eigenvalue weighted by molar-refractivity contribution is 5.68. The summed E-state index contributed by atoms with van der Waals surface area (Å²) < 4.78 is 74.1. The number of alkyl halides is 6. The molecule has 0 N–H and O–H groups in total. The van der Waals surface area contributed by atoms with E-state index in [1.807, 2.05) is 0 Å². The molecule has 2 aromatic carbocycles. The van der Waals surface area contributed by atoms with Crippen LogP contribution in [0.1, 0.15) is 28.2 Å². The van der Waals surface area contributed by atoms with Gasteiger partial charge in [-0.05, 0) is 22.3 Å². The van der Waals surface area contributed by atoms with Crippen LogP contribution in [0.5, 0.6) is 0 Å². The standard InChI is InChI=1S/C18H14F6O/c19-17(20,21)9-12-1-5-14(6-2-12)16(11-25)15-7-3-13(4-8-15)10-18(22,23)24/h1-8,11,16H,9-10H2. The van der Waals surface area contributed by atoms with Crippen LogP contribution >= 0.6 is 0 Å². The van der Waals surface area contributed by atoms with E-state index in [0.29, 0.717) is 17.4 Å². The molecule has 2 rings (SSSR count). The third-order valence-electron chi connectivity index (χ3n) is 3.62. The minimum Gasteiger partial charge on any atom is -0.302 e. The number of benzene rings is 2. The SMILES string of the molecule is O=CC(c1ccc(CC(F)(F)F)cc1)c1ccc(CC(F)(F)F)cc1. The van der Waals surface area contributed by atoms with Crippen molar-refractivity contribution in [1.82, 2.24) is 0 Å². The molecule has 0 heterocycles. The van der Waals surface area contributed by atoms with Gasteiger partial charge in [-0.2, -0.15) is 26.3 Å². The molecule has 0 aliphatic carbocycles. The van der Waals surface area contributed by atoms with Crippen LogP contribution in [0.15, 0.2) is 48.5 Å². The lowest BCUT2D eigenvalue weighted by Crippen LogP contribution is -2.12. The number of halogens is 6. The fourth-order valence-electron chi connectivity index (χ4n) is 2.50. The van der Waals surface area contributed by atoms with Gasteiger partial charge in [-0.15, -0.1) is 0 Å². The first-order valence-corrected chi connectivity index (χ1v) is 7.34. The normalized spacial score (nSPS) is 12.4. The smallest absolute Gasteiger partial charge is 0.302 e. The van der Waals surface area contributed by atoms with E-state index in [1.165, 1.54) is 48.5 Å². The van der Waals surface area contributed by atoms with Crippen molar-refractivity contribution in [2.75, 3.05) is 0 Å². The molecule has 1 nitrogen and oxygen atoms in total. The van der Waals surface area contributed by atoms with Crippen LogP contribution in [0.4, 0.5) is 26.3 Å². The molecule has 0 spiro atoms. The van der Waals surface area contributed by atoms with Crippen molar-refractivity contribution in [3.63, 3.8) is 0 Å². The first-order valence-electron chi connectivity index (χ1n) is 7.34. The monoisotopic (exact) mass is 360 g/mol. The van der Waals surface area contributed by atoms with Crippen LogP contribution in [0.2, 0.25) is 0 Å². The van der Waals surface area contributed by atoms with Gasteiger partial charge in [0.1, 0.15) is 6.29 Å². The van der Waals surface area contributed by atoms with Crippen LogP contribution in [0.3, 0.4) is 0 Å². The maximum Gasteiger partial charge on any atom is 0.393 e. The van der Waals surface area contributed by atoms with Gasteiger partial charge in [-0.3, -0.25) is 0 Å². The predicted molar refractivity (Wildman–Crippen MR) is 80.3 cm³/mol. The molecule has 0 saturated heterocycles. The van der Waals surface area contributed by atoms with E-state index in [-0.39, 0.29) is 11.1 Å². The van der Waals surface area contributed by atoms with E-state index < -0.39 is 31.1 Å². The number of carbonyl (C=O) groups is 1. The summed E-state index contributed by atoms with van der Waals surface area (Å²) in [6, 6.07) is 10.8. The lowest BCUT2D eigenvalue weighted by molar-refractivity contribution is -0.128. The molecular formula is C18H14F6O. The number of carbonyl (C=O) groups excluding carboxylic acids is 1. The molecule has 0 aromatic heterocycles. The second kappa shape index (κ2) is 7.29. The Morgan fingerprint density at radius 3 is 1.24 bits per heavy atom. The maximum absolute atomic E-state index is 12.4. The number of aldehydes is 1. The fraction of sp³-hybridized carbons (Fsp3) is 0.278. The molecule has 0 aliphatic rings. The average molecular weight is 360 g/mol. The maximum atomic E-state index is 12.4. The Labute approximate surface area is 140 Å². The average Bonchev–Trinajstić information content (AvgIpc) is 2.48. The summed E-state index contributed by atoms with van der Waals surface area (Å²) >= 11 is 0. The van der Waals surface area contributed by atoms with Gasteiger partial charge in [-0.25, -0.2) is 0 Å². The van der Waals surface area contributed by atoms with Gasteiger partial charge < -0.3 is 4.79 Å². The van der Waals surface area contributed by atoms with Gasteiger partial charge in [0.15, 0.2) is 0 Å². The van der Waals surface area contributed by atoms with Crippen molar-refractivity contribution >= 4 is 6.29 Å². The molecular weight excluding hydrogens is 346 g/mol. The molecule has 25 heavy (non-hydrogen) atoms. The lowest BCUT2D eigenvalue weighted by atomic mass is 9.91. The van der Waals surface area contributed by atoms with Crippen molar-refractivity contribution < 1.29 is 31.1 Å².